The van der Waals surface area contributed by atoms with Crippen molar-refractivity contribution in [2.75, 3.05) is 0 Å². The number of rotatable bonds is 0. The molecule has 0 bridgehead atoms. The molecule has 0 atom stereocenters. The summed E-state index contributed by atoms with van der Waals surface area (Å²) in [5.74, 6) is 0. The normalized spacial score (nSPS) is 5.40. The van der Waals surface area contributed by atoms with E-state index in [1.165, 1.54) is 0 Å². The molecule has 0 unspecified atom stereocenters. The van der Waals surface area contributed by atoms with Crippen LogP contribution in [0.3, 0.4) is 0 Å². The molecule has 0 aromatic heterocycles. The maximum atomic E-state index is 9.67. The van der Waals surface area contributed by atoms with Crippen molar-refractivity contribution in [3.63, 3.8) is 0 Å². The third-order valence-corrected chi connectivity index (χ3v) is 0. The van der Waals surface area contributed by atoms with Gasteiger partial charge in [0.15, 0.2) is 0 Å². The molecule has 0 aliphatic rings. The van der Waals surface area contributed by atoms with E-state index >= 15 is 0 Å². The van der Waals surface area contributed by atoms with Crippen molar-refractivity contribution in [3.8, 4) is 0 Å². The van der Waals surface area contributed by atoms with Gasteiger partial charge in [-0.1, -0.05) is 0 Å². The fourth-order valence-electron chi connectivity index (χ4n) is 0. The molecule has 0 nitrogen and oxygen atoms in total. The van der Waals surface area contributed by atoms with Gasteiger partial charge in [-0.15, -0.1) is 0 Å². The molecular formula is BBaF3. The van der Waals surface area contributed by atoms with Crippen LogP contribution in [0.5, 0.6) is 0 Å². The molecule has 0 spiro atoms. The Morgan fingerprint density at radius 1 is 1.00 bits per heavy atom. The molecule has 2 radical (unpaired) electrons. The van der Waals surface area contributed by atoms with Gasteiger partial charge in [0.2, 0.25) is 0 Å². The maximum absolute atomic E-state index is 9.67. The summed E-state index contributed by atoms with van der Waals surface area (Å²) in [5, 5.41) is 0. The van der Waals surface area contributed by atoms with E-state index in [-0.39, 0.29) is 48.9 Å². The first-order valence-electron chi connectivity index (χ1n) is 0.655. The predicted octanol–water partition coefficient (Wildman–Crippen LogP) is 0.499. The first-order chi connectivity index (χ1) is 1.73. The Kier molecular flexibility index (Phi) is 10.5. The van der Waals surface area contributed by atoms with Gasteiger partial charge in [-0.3, -0.25) is 12.9 Å². The minimum atomic E-state index is -3.67. The van der Waals surface area contributed by atoms with E-state index in [4.69, 9.17) is 0 Å². The van der Waals surface area contributed by atoms with Crippen molar-refractivity contribution in [2.45, 2.75) is 0 Å². The minimum absolute atomic E-state index is 0. The second-order valence-electron chi connectivity index (χ2n) is 0.247. The molecule has 0 rings (SSSR count). The zero-order valence-corrected chi connectivity index (χ0v) is 6.86. The van der Waals surface area contributed by atoms with Crippen LogP contribution in [-0.2, 0) is 0 Å². The molecule has 0 saturated heterocycles. The van der Waals surface area contributed by atoms with Crippen LogP contribution in [0.2, 0.25) is 0 Å². The molecule has 0 aromatic rings. The summed E-state index contributed by atoms with van der Waals surface area (Å²) < 4.78 is 29.0. The molecule has 0 aromatic carbocycles. The van der Waals surface area contributed by atoms with Gasteiger partial charge < -0.3 is 0 Å². The van der Waals surface area contributed by atoms with Gasteiger partial charge in [0, 0.05) is 48.9 Å². The molecule has 5 heavy (non-hydrogen) atoms. The summed E-state index contributed by atoms with van der Waals surface area (Å²) in [6.45, 7) is 0. The molecule has 0 heterocycles. The topological polar surface area (TPSA) is 0 Å². The Balaban J connectivity index is 0. The summed E-state index contributed by atoms with van der Waals surface area (Å²) in [5.41, 5.74) is 0. The summed E-state index contributed by atoms with van der Waals surface area (Å²) in [6.07, 6.45) is 0. The molecule has 0 amide bonds. The van der Waals surface area contributed by atoms with E-state index in [2.05, 4.69) is 0 Å². The average molecular weight is 205 g/mol. The monoisotopic (exact) mass is 206 g/mol. The first-order valence-corrected chi connectivity index (χ1v) is 0.655. The van der Waals surface area contributed by atoms with Gasteiger partial charge in [0.05, 0.1) is 0 Å². The SMILES string of the molecule is FB(F)F.[Ba]. The summed E-state index contributed by atoms with van der Waals surface area (Å²) >= 11 is 0. The molecule has 26 valence electrons. The van der Waals surface area contributed by atoms with Crippen LogP contribution >= 0.6 is 0 Å². The van der Waals surface area contributed by atoms with Crippen molar-refractivity contribution in [1.29, 1.82) is 0 Å². The molecule has 0 N–H and O–H groups in total. The zero-order valence-electron chi connectivity index (χ0n) is 2.42. The Morgan fingerprint density at radius 2 is 1.00 bits per heavy atom. The molecule has 0 aliphatic carbocycles. The van der Waals surface area contributed by atoms with Crippen LogP contribution in [0.4, 0.5) is 12.9 Å². The van der Waals surface area contributed by atoms with Gasteiger partial charge in [0.1, 0.15) is 0 Å². The minimum Gasteiger partial charge on any atom is -0.254 e. The van der Waals surface area contributed by atoms with E-state index in [1.54, 1.807) is 0 Å². The summed E-state index contributed by atoms with van der Waals surface area (Å²) in [4.78, 5) is 0. The number of halogens is 3. The quantitative estimate of drug-likeness (QED) is 0.505. The Labute approximate surface area is 68.4 Å². The maximum Gasteiger partial charge on any atom is 0.762 e. The van der Waals surface area contributed by atoms with Crippen LogP contribution < -0.4 is 0 Å². The van der Waals surface area contributed by atoms with Crippen LogP contribution in [-0.4, -0.2) is 56.4 Å². The van der Waals surface area contributed by atoms with E-state index in [9.17, 15) is 12.9 Å². The van der Waals surface area contributed by atoms with Crippen LogP contribution in [0.25, 0.3) is 0 Å². The summed E-state index contributed by atoms with van der Waals surface area (Å²) in [7, 11) is -3.67. The van der Waals surface area contributed by atoms with E-state index in [0.717, 1.165) is 0 Å². The van der Waals surface area contributed by atoms with Gasteiger partial charge in [-0.25, -0.2) is 0 Å². The fourth-order valence-corrected chi connectivity index (χ4v) is 0. The van der Waals surface area contributed by atoms with E-state index in [1.807, 2.05) is 0 Å². The van der Waals surface area contributed by atoms with Crippen LogP contribution in [0.15, 0.2) is 0 Å². The van der Waals surface area contributed by atoms with Crippen LogP contribution in [0, 0.1) is 0 Å². The average Bonchev–Trinajstić information content (AvgIpc) is 0.811. The first kappa shape index (κ1) is 9.66. The fraction of sp³-hybridized carbons (Fsp3) is 0. The number of hydrogen-bond acceptors (Lipinski definition) is 0. The Bertz CT molecular complexity index is 11.6. The van der Waals surface area contributed by atoms with E-state index in [0.29, 0.717) is 0 Å². The zero-order chi connectivity index (χ0) is 3.58. The van der Waals surface area contributed by atoms with Gasteiger partial charge in [0.25, 0.3) is 0 Å². The largest absolute Gasteiger partial charge is 0.762 e. The van der Waals surface area contributed by atoms with Crippen molar-refractivity contribution in [1.82, 2.24) is 0 Å². The molecule has 5 heteroatoms. The second kappa shape index (κ2) is 5.43. The van der Waals surface area contributed by atoms with Crippen molar-refractivity contribution in [3.05, 3.63) is 0 Å². The third-order valence-electron chi connectivity index (χ3n) is 0. The molecular weight excluding hydrogens is 205 g/mol. The third kappa shape index (κ3) is 31.3. The second-order valence-corrected chi connectivity index (χ2v) is 0.247. The Hall–Kier alpha value is 1.43. The van der Waals surface area contributed by atoms with Crippen molar-refractivity contribution < 1.29 is 12.9 Å². The van der Waals surface area contributed by atoms with Crippen molar-refractivity contribution >= 4 is 56.4 Å². The predicted molar refractivity (Wildman–Crippen MR) is 14.8 cm³/mol. The Morgan fingerprint density at radius 3 is 1.00 bits per heavy atom. The van der Waals surface area contributed by atoms with E-state index < -0.39 is 7.54 Å². The van der Waals surface area contributed by atoms with Gasteiger partial charge in [-0.2, -0.15) is 0 Å². The smallest absolute Gasteiger partial charge is 0.254 e. The molecule has 0 aliphatic heterocycles. The summed E-state index contributed by atoms with van der Waals surface area (Å²) in [6, 6.07) is 0. The standard InChI is InChI=1S/BF3.Ba/c2-1(3)4;. The van der Waals surface area contributed by atoms with Gasteiger partial charge >= 0.3 is 7.54 Å². The molecule has 0 saturated carbocycles. The van der Waals surface area contributed by atoms with Gasteiger partial charge in [-0.05, 0) is 0 Å². The van der Waals surface area contributed by atoms with Crippen molar-refractivity contribution in [2.24, 2.45) is 0 Å². The molecule has 0 fully saturated rings. The number of hydrogen-bond donors (Lipinski definition) is 0. The van der Waals surface area contributed by atoms with Crippen LogP contribution in [0.1, 0.15) is 0 Å².